The minimum Gasteiger partial charge on any atom is -0.508 e. The molecule has 0 saturated heterocycles. The smallest absolute Gasteiger partial charge is 0.508 e. The summed E-state index contributed by atoms with van der Waals surface area (Å²) in [5.74, 6) is -7.95. The van der Waals surface area contributed by atoms with Gasteiger partial charge in [-0.2, -0.15) is 0 Å². The van der Waals surface area contributed by atoms with Crippen LogP contribution in [-0.4, -0.2) is 133 Å². The molecule has 0 fully saturated rings. The van der Waals surface area contributed by atoms with Crippen LogP contribution in [0.2, 0.25) is 0 Å². The zero-order valence-corrected chi connectivity index (χ0v) is 48.9. The Kier molecular flexibility index (Phi) is 22.6. The quantitative estimate of drug-likeness (QED) is 0.0155. The monoisotopic (exact) mass is 1230 g/mol. The molecule has 0 bridgehead atoms. The van der Waals surface area contributed by atoms with E-state index >= 15 is 0 Å². The van der Waals surface area contributed by atoms with Crippen LogP contribution in [-0.2, 0) is 59.7 Å². The second kappa shape index (κ2) is 29.3. The van der Waals surface area contributed by atoms with Crippen molar-refractivity contribution in [1.82, 2.24) is 37.2 Å². The number of carbonyl (C=O) groups is 9. The number of aromatic hydroxyl groups is 2. The third-order valence-corrected chi connectivity index (χ3v) is 14.1. The van der Waals surface area contributed by atoms with E-state index in [9.17, 15) is 72.8 Å². The van der Waals surface area contributed by atoms with Crippen molar-refractivity contribution in [3.8, 4) is 28.7 Å². The third kappa shape index (κ3) is 18.1. The van der Waals surface area contributed by atoms with Crippen molar-refractivity contribution in [3.63, 3.8) is 0 Å². The van der Waals surface area contributed by atoms with Gasteiger partial charge in [-0.05, 0) is 104 Å². The van der Waals surface area contributed by atoms with Gasteiger partial charge in [-0.25, -0.2) is 9.36 Å². The topological polar surface area (TPSA) is 448 Å². The molecule has 462 valence electrons. The number of aliphatic hydroxyl groups is 1. The molecular formula is C56H69N10O18PS. The number of fused-ring (bicyclic) bond motifs is 6. The molecule has 86 heavy (non-hydrogen) atoms. The van der Waals surface area contributed by atoms with Gasteiger partial charge in [0.15, 0.2) is 10.7 Å². The van der Waals surface area contributed by atoms with E-state index in [-0.39, 0.29) is 89.9 Å². The van der Waals surface area contributed by atoms with Crippen molar-refractivity contribution in [2.75, 3.05) is 25.0 Å². The van der Waals surface area contributed by atoms with E-state index < -0.39 is 123 Å². The predicted octanol–water partition coefficient (Wildman–Crippen LogP) is 0.822. The van der Waals surface area contributed by atoms with Crippen LogP contribution in [0.25, 0.3) is 0 Å². The summed E-state index contributed by atoms with van der Waals surface area (Å²) in [6.07, 6.45) is -0.912. The van der Waals surface area contributed by atoms with Gasteiger partial charge in [0.1, 0.15) is 59.0 Å². The Hall–Kier alpha value is -8.89. The van der Waals surface area contributed by atoms with Gasteiger partial charge in [-0.15, -0.1) is 0 Å². The van der Waals surface area contributed by atoms with Crippen LogP contribution in [0, 0.1) is 11.8 Å². The molecule has 0 saturated carbocycles. The van der Waals surface area contributed by atoms with E-state index in [0.29, 0.717) is 27.9 Å². The summed E-state index contributed by atoms with van der Waals surface area (Å²) in [4.78, 5) is 138. The number of esters is 1. The number of phosphoric acid groups is 1. The van der Waals surface area contributed by atoms with Gasteiger partial charge >= 0.3 is 13.8 Å². The van der Waals surface area contributed by atoms with Crippen molar-refractivity contribution in [3.05, 3.63) is 107 Å². The molecule has 2 aliphatic rings. The van der Waals surface area contributed by atoms with Gasteiger partial charge in [0, 0.05) is 60.3 Å². The predicted molar refractivity (Wildman–Crippen MR) is 311 cm³/mol. The third-order valence-electron chi connectivity index (χ3n) is 13.4. The maximum absolute atomic E-state index is 14.3. The van der Waals surface area contributed by atoms with Crippen molar-refractivity contribution in [2.24, 2.45) is 23.3 Å². The van der Waals surface area contributed by atoms with Crippen LogP contribution in [0.5, 0.6) is 28.7 Å². The maximum atomic E-state index is 14.3. The largest absolute Gasteiger partial charge is 0.524 e. The molecule has 0 aliphatic carbocycles. The first kappa shape index (κ1) is 66.3. The highest BCUT2D eigenvalue weighted by atomic mass is 32.1. The molecule has 17 N–H and O–H groups in total. The average Bonchev–Trinajstić information content (AvgIpc) is 1.45. The number of primary amides is 2. The molecule has 0 radical (unpaired) electrons. The molecular weight excluding hydrogens is 1160 g/mol. The average molecular weight is 1230 g/mol. The summed E-state index contributed by atoms with van der Waals surface area (Å²) in [5, 5.41) is 51.0. The number of phenolic OH excluding ortho intramolecular Hbond substituents is 2. The lowest BCUT2D eigenvalue weighted by Gasteiger charge is -2.36. The van der Waals surface area contributed by atoms with E-state index in [1.807, 2.05) is 0 Å². The van der Waals surface area contributed by atoms with E-state index in [1.165, 1.54) is 48.5 Å². The molecule has 5 atom stereocenters. The Morgan fingerprint density at radius 3 is 1.76 bits per heavy atom. The summed E-state index contributed by atoms with van der Waals surface area (Å²) in [5.41, 5.74) is 11.5. The number of hydrogen-bond acceptors (Lipinski definition) is 17. The number of ether oxygens (including phenoxy) is 2. The first-order valence-corrected chi connectivity index (χ1v) is 29.1. The number of amides is 8. The van der Waals surface area contributed by atoms with Gasteiger partial charge in [0.25, 0.3) is 0 Å². The number of rotatable bonds is 29. The zero-order valence-electron chi connectivity index (χ0n) is 47.2. The Morgan fingerprint density at radius 2 is 1.21 bits per heavy atom. The number of nitrogens with one attached hydrogen (secondary N) is 8. The van der Waals surface area contributed by atoms with Crippen molar-refractivity contribution < 1.29 is 86.8 Å². The number of thiocarbonyl (C=S) groups is 1. The highest BCUT2D eigenvalue weighted by Gasteiger charge is 2.54. The van der Waals surface area contributed by atoms with E-state index in [2.05, 4.69) is 47.1 Å². The fraction of sp³-hybridized carbons (Fsp3) is 0.393. The SMILES string of the molecule is CC(C)C[C@H](NC(=O)CNC(=O)[C@H](CCC(N)=O)NC(=O)[C@H](Cc1ccc(OP(=O)(O)O)cc1)NC(=O)[C@H](CC(C)C)NC(=O)CCCNC(=S)Nc1ccc2c(c1)C(=O)OC21c2ccc(O)cc2Oc2cc(O)ccc21)C(=O)N[C@@H](CO)C(N)=O. The molecule has 1 spiro atoms. The van der Waals surface area contributed by atoms with Crippen LogP contribution in [0.4, 0.5) is 5.69 Å². The summed E-state index contributed by atoms with van der Waals surface area (Å²) in [7, 11) is -4.96. The van der Waals surface area contributed by atoms with Gasteiger partial charge in [-0.1, -0.05) is 45.9 Å². The lowest BCUT2D eigenvalue weighted by molar-refractivity contribution is -0.134. The molecule has 2 heterocycles. The fourth-order valence-electron chi connectivity index (χ4n) is 9.47. The standard InChI is InChI=1S/C56H69N10O18PS/c1-28(2)20-40(62-47(71)6-5-19-59-55(86)61-31-9-14-36-35(23-31)54(78)83-56(36)37-15-10-32(68)24-44(37)82-45-25-33(69)11-16-38(45)56)51(75)65-42(22-30-7-12-34(13-8-30)84-85(79,80)81)53(77)64-39(17-18-46(57)70)50(74)60-26-48(72)63-41(21-29(3)4)52(76)66-43(27-67)49(58)73/h7-16,23-25,28-29,39-43,67-69H,5-6,17-22,26-27H2,1-4H3,(H2,57,70)(H2,58,73)(H,60,74)(H,62,71)(H,63,72)(H,64,77)(H,65,75)(H,66,76)(H2,59,61,86)(H2,79,80,81)/t39-,40-,41-,42-,43-/m0/s1. The highest BCUT2D eigenvalue weighted by molar-refractivity contribution is 7.80. The number of aliphatic hydroxyl groups excluding tert-OH is 1. The van der Waals surface area contributed by atoms with Crippen molar-refractivity contribution >= 4 is 84.1 Å². The molecule has 2 aliphatic heterocycles. The summed E-state index contributed by atoms with van der Waals surface area (Å²) >= 11 is 5.53. The normalized spacial score (nSPS) is 14.5. The summed E-state index contributed by atoms with van der Waals surface area (Å²) in [6, 6.07) is 11.8. The van der Waals surface area contributed by atoms with Gasteiger partial charge in [0.2, 0.25) is 47.3 Å². The summed E-state index contributed by atoms with van der Waals surface area (Å²) < 4.78 is 28.3. The molecule has 4 aromatic carbocycles. The number of carbonyl (C=O) groups excluding carboxylic acids is 9. The number of nitrogens with two attached hydrogens (primary N) is 2. The molecule has 6 rings (SSSR count). The molecule has 30 heteroatoms. The van der Waals surface area contributed by atoms with Crippen molar-refractivity contribution in [2.45, 2.75) is 108 Å². The molecule has 0 unspecified atom stereocenters. The minimum atomic E-state index is -4.96. The Balaban J connectivity index is 1.10. The van der Waals surface area contributed by atoms with Gasteiger partial charge < -0.3 is 83.3 Å². The number of anilines is 1. The van der Waals surface area contributed by atoms with Crippen LogP contribution in [0.15, 0.2) is 78.9 Å². The summed E-state index contributed by atoms with van der Waals surface area (Å²) in [6.45, 7) is 5.67. The van der Waals surface area contributed by atoms with E-state index in [1.54, 1.807) is 58.0 Å². The van der Waals surface area contributed by atoms with Crippen LogP contribution < -0.4 is 63.3 Å². The fourth-order valence-corrected chi connectivity index (χ4v) is 10.1. The second-order valence-corrected chi connectivity index (χ2v) is 22.8. The zero-order chi connectivity index (χ0) is 63.2. The van der Waals surface area contributed by atoms with Crippen LogP contribution in [0.3, 0.4) is 0 Å². The van der Waals surface area contributed by atoms with Gasteiger partial charge in [-0.3, -0.25) is 48.1 Å². The van der Waals surface area contributed by atoms with Crippen molar-refractivity contribution in [1.29, 1.82) is 0 Å². The number of hydrogen-bond donors (Lipinski definition) is 15. The number of phenols is 2. The first-order chi connectivity index (χ1) is 40.5. The minimum absolute atomic E-state index is 0.0666. The van der Waals surface area contributed by atoms with Crippen LogP contribution in [0.1, 0.15) is 98.8 Å². The van der Waals surface area contributed by atoms with E-state index in [0.717, 1.165) is 0 Å². The molecule has 0 aromatic heterocycles. The highest BCUT2D eigenvalue weighted by Crippen LogP contribution is 2.57. The second-order valence-electron chi connectivity index (χ2n) is 21.2. The Morgan fingerprint density at radius 1 is 0.663 bits per heavy atom. The molecule has 4 aromatic rings. The van der Waals surface area contributed by atoms with Crippen LogP contribution >= 0.6 is 20.0 Å². The number of benzene rings is 4. The lowest BCUT2D eigenvalue weighted by Crippen LogP contribution is -2.58. The van der Waals surface area contributed by atoms with Gasteiger partial charge in [0.05, 0.1) is 18.7 Å². The first-order valence-electron chi connectivity index (χ1n) is 27.1. The number of phosphoric ester groups is 1. The Labute approximate surface area is 498 Å². The molecule has 8 amide bonds. The Bertz CT molecular complexity index is 3240. The maximum Gasteiger partial charge on any atom is 0.524 e. The van der Waals surface area contributed by atoms with E-state index in [4.69, 9.17) is 33.2 Å². The lowest BCUT2D eigenvalue weighted by atomic mass is 9.77. The molecule has 28 nitrogen and oxygen atoms in total.